The van der Waals surface area contributed by atoms with Gasteiger partial charge in [-0.2, -0.15) is 0 Å². The van der Waals surface area contributed by atoms with Gasteiger partial charge in [0.15, 0.2) is 6.10 Å². The fourth-order valence-corrected chi connectivity index (χ4v) is 1.82. The minimum Gasteiger partial charge on any atom is -0.464 e. The molecule has 1 aliphatic rings. The highest BCUT2D eigenvalue weighted by Crippen LogP contribution is 2.08. The summed E-state index contributed by atoms with van der Waals surface area (Å²) in [6.45, 7) is 2.77. The molecular weight excluding hydrogens is 216 g/mol. The van der Waals surface area contributed by atoms with Gasteiger partial charge in [-0.05, 0) is 26.2 Å². The van der Waals surface area contributed by atoms with Crippen LogP contribution in [0.3, 0.4) is 0 Å². The fourth-order valence-electron chi connectivity index (χ4n) is 1.82. The van der Waals surface area contributed by atoms with E-state index in [0.29, 0.717) is 13.2 Å². The second kappa shape index (κ2) is 9.23. The Bertz CT molecular complexity index is 236. The maximum atomic E-state index is 11.5. The molecule has 0 aromatic rings. The Labute approximate surface area is 104 Å². The average molecular weight is 240 g/mol. The van der Waals surface area contributed by atoms with Crippen molar-refractivity contribution in [1.82, 2.24) is 0 Å². The molecule has 0 amide bonds. The molecule has 0 spiro atoms. The molecule has 1 atom stereocenters. The number of carbonyl (C=O) groups excluding carboxylic acids is 1. The van der Waals surface area contributed by atoms with Crippen molar-refractivity contribution in [3.05, 3.63) is 12.2 Å². The van der Waals surface area contributed by atoms with Crippen molar-refractivity contribution in [2.24, 2.45) is 0 Å². The molecule has 1 aliphatic heterocycles. The maximum absolute atomic E-state index is 11.5. The lowest BCUT2D eigenvalue weighted by Gasteiger charge is -2.11. The van der Waals surface area contributed by atoms with E-state index in [1.807, 2.05) is 6.08 Å². The zero-order chi connectivity index (χ0) is 12.3. The van der Waals surface area contributed by atoms with Gasteiger partial charge in [0.25, 0.3) is 0 Å². The summed E-state index contributed by atoms with van der Waals surface area (Å²) in [6.07, 6.45) is 12.0. The molecule has 0 radical (unpaired) electrons. The van der Waals surface area contributed by atoms with Gasteiger partial charge >= 0.3 is 5.97 Å². The van der Waals surface area contributed by atoms with Gasteiger partial charge in [0, 0.05) is 0 Å². The van der Waals surface area contributed by atoms with Crippen molar-refractivity contribution < 1.29 is 14.3 Å². The number of allylic oxidation sites excluding steroid dienone is 1. The van der Waals surface area contributed by atoms with Crippen LogP contribution in [0.15, 0.2) is 12.2 Å². The molecule has 3 nitrogen and oxygen atoms in total. The summed E-state index contributed by atoms with van der Waals surface area (Å²) in [5, 5.41) is 0. The molecule has 1 rings (SSSR count). The number of ether oxygens (including phenoxy) is 2. The highest BCUT2D eigenvalue weighted by atomic mass is 16.6. The third kappa shape index (κ3) is 7.16. The van der Waals surface area contributed by atoms with Crippen molar-refractivity contribution in [3.63, 3.8) is 0 Å². The summed E-state index contributed by atoms with van der Waals surface area (Å²) >= 11 is 0. The fraction of sp³-hybridized carbons (Fsp3) is 0.786. The third-order valence-electron chi connectivity index (χ3n) is 2.95. The van der Waals surface area contributed by atoms with Crippen molar-refractivity contribution in [2.75, 3.05) is 13.2 Å². The molecule has 0 aromatic carbocycles. The highest BCUT2D eigenvalue weighted by molar-refractivity contribution is 5.74. The molecule has 0 saturated carbocycles. The number of esters is 1. The van der Waals surface area contributed by atoms with E-state index in [1.165, 1.54) is 25.7 Å². The number of hydrogen-bond donors (Lipinski definition) is 0. The van der Waals surface area contributed by atoms with Crippen LogP contribution in [0.2, 0.25) is 0 Å². The SMILES string of the molecule is C[C@H]1OC/C=C/CCCCCCCCOC1=O. The van der Waals surface area contributed by atoms with Crippen LogP contribution in [0.25, 0.3) is 0 Å². The molecule has 3 heteroatoms. The van der Waals surface area contributed by atoms with Gasteiger partial charge in [-0.3, -0.25) is 0 Å². The number of rotatable bonds is 0. The number of cyclic esters (lactones) is 1. The molecule has 98 valence electrons. The van der Waals surface area contributed by atoms with Gasteiger partial charge in [0.2, 0.25) is 0 Å². The van der Waals surface area contributed by atoms with Crippen LogP contribution >= 0.6 is 0 Å². The predicted molar refractivity (Wildman–Crippen MR) is 67.8 cm³/mol. The Morgan fingerprint density at radius 1 is 1.06 bits per heavy atom. The summed E-state index contributed by atoms with van der Waals surface area (Å²) in [5.74, 6) is -0.242. The van der Waals surface area contributed by atoms with Crippen LogP contribution in [-0.2, 0) is 14.3 Å². The molecule has 0 aliphatic carbocycles. The maximum Gasteiger partial charge on any atom is 0.334 e. The van der Waals surface area contributed by atoms with E-state index < -0.39 is 6.10 Å². The minimum absolute atomic E-state index is 0.242. The van der Waals surface area contributed by atoms with Gasteiger partial charge < -0.3 is 9.47 Å². The van der Waals surface area contributed by atoms with Crippen molar-refractivity contribution >= 4 is 5.97 Å². The van der Waals surface area contributed by atoms with Gasteiger partial charge in [0.1, 0.15) is 0 Å². The molecule has 0 N–H and O–H groups in total. The first-order valence-corrected chi connectivity index (χ1v) is 6.74. The smallest absolute Gasteiger partial charge is 0.334 e. The lowest BCUT2D eigenvalue weighted by Crippen LogP contribution is -2.23. The molecule has 17 heavy (non-hydrogen) atoms. The van der Waals surface area contributed by atoms with Crippen molar-refractivity contribution in [1.29, 1.82) is 0 Å². The lowest BCUT2D eigenvalue weighted by molar-refractivity contribution is -0.155. The van der Waals surface area contributed by atoms with Crippen LogP contribution in [0, 0.1) is 0 Å². The first kappa shape index (κ1) is 14.2. The second-order valence-corrected chi connectivity index (χ2v) is 4.52. The summed E-state index contributed by atoms with van der Waals surface area (Å²) in [7, 11) is 0. The zero-order valence-electron chi connectivity index (χ0n) is 10.8. The monoisotopic (exact) mass is 240 g/mol. The Kier molecular flexibility index (Phi) is 7.72. The van der Waals surface area contributed by atoms with Crippen molar-refractivity contribution in [2.45, 2.75) is 58.0 Å². The zero-order valence-corrected chi connectivity index (χ0v) is 10.8. The van der Waals surface area contributed by atoms with Crippen LogP contribution < -0.4 is 0 Å². The quantitative estimate of drug-likeness (QED) is 0.481. The van der Waals surface area contributed by atoms with Gasteiger partial charge in [-0.15, -0.1) is 0 Å². The summed E-state index contributed by atoms with van der Waals surface area (Å²) in [6, 6.07) is 0. The molecule has 0 bridgehead atoms. The van der Waals surface area contributed by atoms with Crippen LogP contribution in [0.1, 0.15) is 51.9 Å². The molecular formula is C14H24O3. The highest BCUT2D eigenvalue weighted by Gasteiger charge is 2.13. The van der Waals surface area contributed by atoms with Crippen molar-refractivity contribution in [3.8, 4) is 0 Å². The predicted octanol–water partition coefficient (Wildman–Crippen LogP) is 3.24. The number of hydrogen-bond acceptors (Lipinski definition) is 3. The topological polar surface area (TPSA) is 35.5 Å². The summed E-state index contributed by atoms with van der Waals surface area (Å²) in [5.41, 5.74) is 0. The van der Waals surface area contributed by atoms with E-state index in [0.717, 1.165) is 19.3 Å². The van der Waals surface area contributed by atoms with E-state index in [1.54, 1.807) is 6.92 Å². The van der Waals surface area contributed by atoms with Crippen LogP contribution in [0.5, 0.6) is 0 Å². The molecule has 0 saturated heterocycles. The second-order valence-electron chi connectivity index (χ2n) is 4.52. The largest absolute Gasteiger partial charge is 0.464 e. The van der Waals surface area contributed by atoms with Gasteiger partial charge in [-0.1, -0.05) is 37.8 Å². The molecule has 0 fully saturated rings. The average Bonchev–Trinajstić information content (AvgIpc) is 2.34. The lowest BCUT2D eigenvalue weighted by atomic mass is 10.1. The van der Waals surface area contributed by atoms with E-state index in [2.05, 4.69) is 6.08 Å². The first-order valence-electron chi connectivity index (χ1n) is 6.74. The number of carbonyl (C=O) groups is 1. The van der Waals surface area contributed by atoms with Gasteiger partial charge in [0.05, 0.1) is 13.2 Å². The van der Waals surface area contributed by atoms with E-state index in [4.69, 9.17) is 9.47 Å². The van der Waals surface area contributed by atoms with E-state index in [-0.39, 0.29) is 5.97 Å². The third-order valence-corrected chi connectivity index (χ3v) is 2.95. The normalized spacial score (nSPS) is 27.6. The summed E-state index contributed by atoms with van der Waals surface area (Å²) < 4.78 is 10.5. The van der Waals surface area contributed by atoms with Gasteiger partial charge in [-0.25, -0.2) is 4.79 Å². The molecule has 1 heterocycles. The Balaban J connectivity index is 2.31. The standard InChI is InChI=1S/C14H24O3/c1-13-14(15)17-12-10-8-6-4-2-3-5-7-9-11-16-13/h7,9,13H,2-6,8,10-12H2,1H3/b9-7+/t13-/m1/s1. The van der Waals surface area contributed by atoms with E-state index in [9.17, 15) is 4.79 Å². The Morgan fingerprint density at radius 3 is 2.59 bits per heavy atom. The summed E-state index contributed by atoms with van der Waals surface area (Å²) in [4.78, 5) is 11.5. The minimum atomic E-state index is -0.454. The first-order chi connectivity index (χ1) is 8.30. The van der Waals surface area contributed by atoms with Crippen LogP contribution in [-0.4, -0.2) is 25.3 Å². The molecule has 0 unspecified atom stereocenters. The molecule has 0 aromatic heterocycles. The van der Waals surface area contributed by atoms with Crippen LogP contribution in [0.4, 0.5) is 0 Å². The Morgan fingerprint density at radius 2 is 1.76 bits per heavy atom. The van der Waals surface area contributed by atoms with E-state index >= 15 is 0 Å². The Hall–Kier alpha value is -0.830.